The molecule has 1 saturated carbocycles. The second-order valence-corrected chi connectivity index (χ2v) is 6.56. The molecule has 0 aromatic rings. The number of hydrogen-bond donors (Lipinski definition) is 2. The fourth-order valence-corrected chi connectivity index (χ4v) is 3.38. The highest BCUT2D eigenvalue weighted by molar-refractivity contribution is 5.85. The van der Waals surface area contributed by atoms with Crippen LogP contribution in [-0.2, 0) is 14.3 Å². The fraction of sp³-hybridized carbons (Fsp3) is 0.867. The highest BCUT2D eigenvalue weighted by atomic mass is 16.5. The van der Waals surface area contributed by atoms with Crippen molar-refractivity contribution in [1.82, 2.24) is 4.90 Å². The maximum absolute atomic E-state index is 12.3. The molecule has 1 saturated heterocycles. The minimum absolute atomic E-state index is 0.0331. The predicted octanol–water partition coefficient (Wildman–Crippen LogP) is 1.02. The van der Waals surface area contributed by atoms with Crippen LogP contribution in [-0.4, -0.2) is 59.4 Å². The van der Waals surface area contributed by atoms with Crippen molar-refractivity contribution in [2.75, 3.05) is 26.8 Å². The minimum atomic E-state index is -0.908. The van der Waals surface area contributed by atoms with Gasteiger partial charge in [0.25, 0.3) is 0 Å². The first kappa shape index (κ1) is 16.2. The first-order valence-corrected chi connectivity index (χ1v) is 7.64. The lowest BCUT2D eigenvalue weighted by Crippen LogP contribution is -2.48. The van der Waals surface area contributed by atoms with Gasteiger partial charge in [-0.1, -0.05) is 12.8 Å². The number of likely N-dealkylation sites (N-methyl/N-ethyl adjacent to an activating group) is 1. The van der Waals surface area contributed by atoms with E-state index in [2.05, 4.69) is 0 Å². The Kier molecular flexibility index (Phi) is 4.88. The van der Waals surface area contributed by atoms with Gasteiger partial charge in [-0.2, -0.15) is 0 Å². The highest BCUT2D eigenvalue weighted by Gasteiger charge is 2.44. The van der Waals surface area contributed by atoms with Gasteiger partial charge in [0, 0.05) is 46.1 Å². The van der Waals surface area contributed by atoms with Gasteiger partial charge in [0.1, 0.15) is 0 Å². The standard InChI is InChI=1S/C15H25NO5/c1-16(11-15(20)6-8-21-9-7-15)12(17)10-14(13(18)19)4-2-3-5-14/h20H,2-11H2,1H3,(H,18,19). The Morgan fingerprint density at radius 3 is 2.24 bits per heavy atom. The maximum Gasteiger partial charge on any atom is 0.310 e. The third kappa shape index (κ3) is 3.74. The van der Waals surface area contributed by atoms with Crippen molar-refractivity contribution in [3.05, 3.63) is 0 Å². The lowest BCUT2D eigenvalue weighted by Gasteiger charge is -2.36. The van der Waals surface area contributed by atoms with Gasteiger partial charge < -0.3 is 19.8 Å². The summed E-state index contributed by atoms with van der Waals surface area (Å²) in [6.07, 6.45) is 3.92. The molecule has 0 unspecified atom stereocenters. The fourth-order valence-electron chi connectivity index (χ4n) is 3.38. The van der Waals surface area contributed by atoms with Gasteiger partial charge in [-0.15, -0.1) is 0 Å². The van der Waals surface area contributed by atoms with Crippen LogP contribution in [0.5, 0.6) is 0 Å². The Morgan fingerprint density at radius 2 is 1.71 bits per heavy atom. The first-order valence-electron chi connectivity index (χ1n) is 7.64. The van der Waals surface area contributed by atoms with Crippen LogP contribution in [0.25, 0.3) is 0 Å². The average molecular weight is 299 g/mol. The van der Waals surface area contributed by atoms with Crippen molar-refractivity contribution < 1.29 is 24.5 Å². The Balaban J connectivity index is 1.94. The number of aliphatic carboxylic acids is 1. The Bertz CT molecular complexity index is 397. The van der Waals surface area contributed by atoms with Gasteiger partial charge in [0.15, 0.2) is 0 Å². The molecule has 0 atom stereocenters. The summed E-state index contributed by atoms with van der Waals surface area (Å²) in [5, 5.41) is 19.9. The molecule has 6 nitrogen and oxygen atoms in total. The minimum Gasteiger partial charge on any atom is -0.481 e. The zero-order valence-corrected chi connectivity index (χ0v) is 12.6. The third-order valence-corrected chi connectivity index (χ3v) is 4.88. The zero-order chi connectivity index (χ0) is 15.5. The van der Waals surface area contributed by atoms with Crippen LogP contribution in [0.15, 0.2) is 0 Å². The molecule has 1 aliphatic heterocycles. The molecule has 1 aliphatic carbocycles. The number of carbonyl (C=O) groups excluding carboxylic acids is 1. The predicted molar refractivity (Wildman–Crippen MR) is 75.8 cm³/mol. The van der Waals surface area contributed by atoms with Crippen molar-refractivity contribution >= 4 is 11.9 Å². The number of amides is 1. The van der Waals surface area contributed by atoms with E-state index in [1.165, 1.54) is 4.90 Å². The van der Waals surface area contributed by atoms with Gasteiger partial charge in [-0.25, -0.2) is 0 Å². The quantitative estimate of drug-likeness (QED) is 0.791. The molecule has 1 amide bonds. The van der Waals surface area contributed by atoms with E-state index < -0.39 is 17.0 Å². The Labute approximate surface area is 125 Å². The number of ether oxygens (including phenoxy) is 1. The lowest BCUT2D eigenvalue weighted by molar-refractivity contribution is -0.154. The Morgan fingerprint density at radius 1 is 1.14 bits per heavy atom. The molecule has 6 heteroatoms. The van der Waals surface area contributed by atoms with Crippen molar-refractivity contribution in [1.29, 1.82) is 0 Å². The van der Waals surface area contributed by atoms with Crippen LogP contribution < -0.4 is 0 Å². The number of aliphatic hydroxyl groups is 1. The summed E-state index contributed by atoms with van der Waals surface area (Å²) in [4.78, 5) is 25.3. The van der Waals surface area contributed by atoms with Gasteiger partial charge in [-0.3, -0.25) is 9.59 Å². The summed E-state index contributed by atoms with van der Waals surface area (Å²) in [6, 6.07) is 0. The van der Waals surface area contributed by atoms with Gasteiger partial charge in [0.2, 0.25) is 5.91 Å². The molecule has 0 aromatic carbocycles. The van der Waals surface area contributed by atoms with E-state index in [0.717, 1.165) is 12.8 Å². The molecule has 0 aromatic heterocycles. The van der Waals surface area contributed by atoms with Crippen molar-refractivity contribution in [2.24, 2.45) is 5.41 Å². The summed E-state index contributed by atoms with van der Waals surface area (Å²) in [7, 11) is 1.64. The van der Waals surface area contributed by atoms with Crippen LogP contribution in [0, 0.1) is 5.41 Å². The highest BCUT2D eigenvalue weighted by Crippen LogP contribution is 2.41. The number of carboxylic acids is 1. The number of carboxylic acid groups (broad SMARTS) is 1. The number of rotatable bonds is 5. The van der Waals surface area contributed by atoms with E-state index >= 15 is 0 Å². The molecule has 2 aliphatic rings. The van der Waals surface area contributed by atoms with E-state index in [-0.39, 0.29) is 18.9 Å². The van der Waals surface area contributed by atoms with Crippen molar-refractivity contribution in [2.45, 2.75) is 50.5 Å². The molecule has 1 heterocycles. The molecular weight excluding hydrogens is 274 g/mol. The summed E-state index contributed by atoms with van der Waals surface area (Å²) < 4.78 is 5.22. The molecule has 0 bridgehead atoms. The number of nitrogens with zero attached hydrogens (tertiary/aromatic N) is 1. The van der Waals surface area contributed by atoms with E-state index in [9.17, 15) is 19.8 Å². The summed E-state index contributed by atoms with van der Waals surface area (Å²) in [5.41, 5.74) is -1.81. The summed E-state index contributed by atoms with van der Waals surface area (Å²) >= 11 is 0. The molecular formula is C15H25NO5. The first-order chi connectivity index (χ1) is 9.87. The number of hydrogen-bond acceptors (Lipinski definition) is 4. The smallest absolute Gasteiger partial charge is 0.310 e. The van der Waals surface area contributed by atoms with Gasteiger partial charge in [-0.05, 0) is 12.8 Å². The molecule has 0 spiro atoms. The normalized spacial score (nSPS) is 23.7. The average Bonchev–Trinajstić information content (AvgIpc) is 2.89. The van der Waals surface area contributed by atoms with E-state index in [1.807, 2.05) is 0 Å². The molecule has 0 radical (unpaired) electrons. The van der Waals surface area contributed by atoms with Crippen LogP contribution in [0.2, 0.25) is 0 Å². The van der Waals surface area contributed by atoms with E-state index in [4.69, 9.17) is 4.74 Å². The van der Waals surface area contributed by atoms with Crippen molar-refractivity contribution in [3.8, 4) is 0 Å². The van der Waals surface area contributed by atoms with Crippen LogP contribution in [0.3, 0.4) is 0 Å². The monoisotopic (exact) mass is 299 g/mol. The van der Waals surface area contributed by atoms with E-state index in [0.29, 0.717) is 38.9 Å². The maximum atomic E-state index is 12.3. The van der Waals surface area contributed by atoms with Crippen LogP contribution in [0.1, 0.15) is 44.9 Å². The summed E-state index contributed by atoms with van der Waals surface area (Å²) in [6.45, 7) is 1.24. The third-order valence-electron chi connectivity index (χ3n) is 4.88. The van der Waals surface area contributed by atoms with Crippen molar-refractivity contribution in [3.63, 3.8) is 0 Å². The molecule has 2 fully saturated rings. The lowest BCUT2D eigenvalue weighted by atomic mass is 9.82. The number of carbonyl (C=O) groups is 2. The Hall–Kier alpha value is -1.14. The van der Waals surface area contributed by atoms with E-state index in [1.54, 1.807) is 7.05 Å². The van der Waals surface area contributed by atoms with Crippen LogP contribution >= 0.6 is 0 Å². The second kappa shape index (κ2) is 6.32. The second-order valence-electron chi connectivity index (χ2n) is 6.56. The zero-order valence-electron chi connectivity index (χ0n) is 12.6. The molecule has 2 rings (SSSR count). The van der Waals surface area contributed by atoms with Gasteiger partial charge >= 0.3 is 5.97 Å². The largest absolute Gasteiger partial charge is 0.481 e. The molecule has 21 heavy (non-hydrogen) atoms. The topological polar surface area (TPSA) is 87.1 Å². The van der Waals surface area contributed by atoms with Gasteiger partial charge in [0.05, 0.1) is 11.0 Å². The summed E-state index contributed by atoms with van der Waals surface area (Å²) in [5.74, 6) is -1.06. The SMILES string of the molecule is CN(CC1(O)CCOCC1)C(=O)CC1(C(=O)O)CCCC1. The van der Waals surface area contributed by atoms with Crippen LogP contribution in [0.4, 0.5) is 0 Å². The molecule has 2 N–H and O–H groups in total. The molecule has 120 valence electrons.